The third-order valence-electron chi connectivity index (χ3n) is 7.13. The molecule has 1 aliphatic rings. The molecule has 1 saturated heterocycles. The van der Waals surface area contributed by atoms with Crippen molar-refractivity contribution in [3.05, 3.63) is 0 Å². The van der Waals surface area contributed by atoms with E-state index in [0.29, 0.717) is 6.61 Å². The number of hydrogen-bond donors (Lipinski definition) is 4. The minimum atomic E-state index is -1.37. The first kappa shape index (κ1) is 31.8. The smallest absolute Gasteiger partial charge is 0.186 e. The first-order valence-corrected chi connectivity index (χ1v) is 14.5. The van der Waals surface area contributed by atoms with E-state index < -0.39 is 37.3 Å². The lowest BCUT2D eigenvalue weighted by molar-refractivity contribution is -0.301. The molecule has 1 fully saturated rings. The van der Waals surface area contributed by atoms with Crippen molar-refractivity contribution >= 4 is 0 Å². The average Bonchev–Trinajstić information content (AvgIpc) is 2.84. The average molecular weight is 489 g/mol. The molecule has 0 unspecified atom stereocenters. The molecule has 0 aromatic carbocycles. The topological polar surface area (TPSA) is 99.4 Å². The van der Waals surface area contributed by atoms with Gasteiger partial charge < -0.3 is 29.9 Å². The Morgan fingerprint density at radius 2 is 0.912 bits per heavy atom. The summed E-state index contributed by atoms with van der Waals surface area (Å²) in [6, 6.07) is 0. The van der Waals surface area contributed by atoms with Gasteiger partial charge >= 0.3 is 0 Å². The Bertz CT molecular complexity index is 433. The number of rotatable bonds is 23. The van der Waals surface area contributed by atoms with Crippen LogP contribution in [-0.4, -0.2) is 64.3 Å². The van der Waals surface area contributed by atoms with Crippen molar-refractivity contribution in [3.8, 4) is 0 Å². The van der Waals surface area contributed by atoms with E-state index in [9.17, 15) is 20.4 Å². The van der Waals surface area contributed by atoms with Crippen LogP contribution in [0.2, 0.25) is 0 Å². The normalized spacial score (nSPS) is 25.1. The molecule has 34 heavy (non-hydrogen) atoms. The van der Waals surface area contributed by atoms with Crippen LogP contribution in [0.15, 0.2) is 0 Å². The van der Waals surface area contributed by atoms with E-state index in [1.165, 1.54) is 116 Å². The van der Waals surface area contributed by atoms with E-state index in [4.69, 9.17) is 9.47 Å². The summed E-state index contributed by atoms with van der Waals surface area (Å²) in [4.78, 5) is 0. The summed E-state index contributed by atoms with van der Waals surface area (Å²) in [6.45, 7) is 2.28. The molecule has 0 aromatic rings. The van der Waals surface area contributed by atoms with E-state index in [2.05, 4.69) is 6.92 Å². The molecule has 0 amide bonds. The molecule has 4 N–H and O–H groups in total. The number of aliphatic hydroxyl groups is 4. The molecule has 0 radical (unpaired) electrons. The zero-order chi connectivity index (χ0) is 24.9. The Labute approximate surface area is 209 Å². The van der Waals surface area contributed by atoms with E-state index >= 15 is 0 Å². The quantitative estimate of drug-likeness (QED) is 0.139. The van der Waals surface area contributed by atoms with Crippen molar-refractivity contribution in [1.82, 2.24) is 0 Å². The standard InChI is InChI=1S/C28H56O6/c1-2-3-4-5-6-7-8-9-10-11-12-13-14-15-16-17-18-19-20-21-22-33-28-27(32)26(31)25(30)24(23-29)34-28/h24-32H,2-23H2,1H3/t24-,25-,26+,27-,28-/m1/s1. The molecule has 0 bridgehead atoms. The van der Waals surface area contributed by atoms with Crippen LogP contribution >= 0.6 is 0 Å². The molecule has 0 aliphatic carbocycles. The van der Waals surface area contributed by atoms with Gasteiger partial charge in [-0.25, -0.2) is 0 Å². The molecular formula is C28H56O6. The van der Waals surface area contributed by atoms with Gasteiger partial charge in [-0.05, 0) is 6.42 Å². The molecule has 1 rings (SSSR count). The van der Waals surface area contributed by atoms with Gasteiger partial charge in [-0.15, -0.1) is 0 Å². The van der Waals surface area contributed by atoms with Gasteiger partial charge in [0.15, 0.2) is 6.29 Å². The van der Waals surface area contributed by atoms with Crippen molar-refractivity contribution in [2.75, 3.05) is 13.2 Å². The van der Waals surface area contributed by atoms with Crippen LogP contribution in [0, 0.1) is 0 Å². The second-order valence-corrected chi connectivity index (χ2v) is 10.3. The minimum absolute atomic E-state index is 0.426. The molecule has 1 heterocycles. The summed E-state index contributed by atoms with van der Waals surface area (Å²) in [5.74, 6) is 0. The summed E-state index contributed by atoms with van der Waals surface area (Å²) in [5, 5.41) is 38.7. The summed E-state index contributed by atoms with van der Waals surface area (Å²) in [6.07, 6.45) is 20.8. The van der Waals surface area contributed by atoms with Crippen LogP contribution in [-0.2, 0) is 9.47 Å². The van der Waals surface area contributed by atoms with Gasteiger partial charge in [-0.3, -0.25) is 0 Å². The zero-order valence-electron chi connectivity index (χ0n) is 22.0. The zero-order valence-corrected chi connectivity index (χ0v) is 22.0. The summed E-state index contributed by atoms with van der Waals surface area (Å²) in [5.41, 5.74) is 0. The van der Waals surface area contributed by atoms with Crippen molar-refractivity contribution in [3.63, 3.8) is 0 Å². The number of unbranched alkanes of at least 4 members (excludes halogenated alkanes) is 19. The van der Waals surface area contributed by atoms with Crippen molar-refractivity contribution in [1.29, 1.82) is 0 Å². The Kier molecular flexibility index (Phi) is 20.6. The van der Waals surface area contributed by atoms with Crippen LogP contribution in [0.25, 0.3) is 0 Å². The maximum absolute atomic E-state index is 9.94. The first-order valence-electron chi connectivity index (χ1n) is 14.5. The van der Waals surface area contributed by atoms with Crippen LogP contribution in [0.3, 0.4) is 0 Å². The second kappa shape index (κ2) is 22.0. The van der Waals surface area contributed by atoms with Crippen LogP contribution in [0.4, 0.5) is 0 Å². The highest BCUT2D eigenvalue weighted by Gasteiger charge is 2.43. The molecule has 6 heteroatoms. The van der Waals surface area contributed by atoms with E-state index in [-0.39, 0.29) is 0 Å². The highest BCUT2D eigenvalue weighted by Crippen LogP contribution is 2.22. The lowest BCUT2D eigenvalue weighted by atomic mass is 9.99. The Hall–Kier alpha value is -0.240. The number of ether oxygens (including phenoxy) is 2. The van der Waals surface area contributed by atoms with E-state index in [0.717, 1.165) is 12.8 Å². The van der Waals surface area contributed by atoms with Crippen molar-refractivity contribution in [2.45, 2.75) is 166 Å². The van der Waals surface area contributed by atoms with E-state index in [1.54, 1.807) is 0 Å². The number of hydrogen-bond acceptors (Lipinski definition) is 6. The van der Waals surface area contributed by atoms with Crippen LogP contribution < -0.4 is 0 Å². The Balaban J connectivity index is 1.79. The summed E-state index contributed by atoms with van der Waals surface area (Å²) < 4.78 is 10.9. The van der Waals surface area contributed by atoms with Gasteiger partial charge in [0.05, 0.1) is 6.61 Å². The fourth-order valence-corrected chi connectivity index (χ4v) is 4.76. The van der Waals surface area contributed by atoms with Gasteiger partial charge in [0.2, 0.25) is 0 Å². The van der Waals surface area contributed by atoms with Crippen molar-refractivity contribution < 1.29 is 29.9 Å². The fraction of sp³-hybridized carbons (Fsp3) is 1.00. The van der Waals surface area contributed by atoms with Gasteiger partial charge in [0.25, 0.3) is 0 Å². The summed E-state index contributed by atoms with van der Waals surface area (Å²) in [7, 11) is 0. The molecule has 0 spiro atoms. The lowest BCUT2D eigenvalue weighted by Gasteiger charge is -2.39. The number of aliphatic hydroxyl groups excluding tert-OH is 4. The summed E-state index contributed by atoms with van der Waals surface area (Å²) >= 11 is 0. The van der Waals surface area contributed by atoms with E-state index in [1.807, 2.05) is 0 Å². The van der Waals surface area contributed by atoms with Gasteiger partial charge in [0, 0.05) is 6.61 Å². The second-order valence-electron chi connectivity index (χ2n) is 10.3. The highest BCUT2D eigenvalue weighted by molar-refractivity contribution is 4.88. The molecule has 5 atom stereocenters. The minimum Gasteiger partial charge on any atom is -0.394 e. The molecule has 6 nitrogen and oxygen atoms in total. The SMILES string of the molecule is CCCCCCCCCCCCCCCCCCCCCCO[C@@H]1O[C@H](CO)[C@@H](O)[C@H](O)[C@H]1O. The highest BCUT2D eigenvalue weighted by atomic mass is 16.7. The third kappa shape index (κ3) is 15.0. The predicted molar refractivity (Wildman–Crippen MR) is 138 cm³/mol. The maximum atomic E-state index is 9.94. The lowest BCUT2D eigenvalue weighted by Crippen LogP contribution is -2.59. The first-order chi connectivity index (χ1) is 16.6. The predicted octanol–water partition coefficient (Wildman–Crippen LogP) is 5.62. The Morgan fingerprint density at radius 3 is 1.29 bits per heavy atom. The third-order valence-corrected chi connectivity index (χ3v) is 7.13. The van der Waals surface area contributed by atoms with Gasteiger partial charge in [0.1, 0.15) is 24.4 Å². The molecular weight excluding hydrogens is 432 g/mol. The van der Waals surface area contributed by atoms with Gasteiger partial charge in [-0.1, -0.05) is 129 Å². The van der Waals surface area contributed by atoms with Gasteiger partial charge in [-0.2, -0.15) is 0 Å². The molecule has 1 aliphatic heterocycles. The largest absolute Gasteiger partial charge is 0.394 e. The van der Waals surface area contributed by atoms with Crippen molar-refractivity contribution in [2.24, 2.45) is 0 Å². The molecule has 0 saturated carbocycles. The van der Waals surface area contributed by atoms with Crippen LogP contribution in [0.5, 0.6) is 0 Å². The van der Waals surface area contributed by atoms with Crippen LogP contribution in [0.1, 0.15) is 135 Å². The maximum Gasteiger partial charge on any atom is 0.186 e. The Morgan fingerprint density at radius 1 is 0.529 bits per heavy atom. The monoisotopic (exact) mass is 488 g/mol. The molecule has 204 valence electrons. The molecule has 0 aromatic heterocycles. The fourth-order valence-electron chi connectivity index (χ4n) is 4.76.